The van der Waals surface area contributed by atoms with Crippen molar-refractivity contribution < 1.29 is 27.1 Å². The Bertz CT molecular complexity index is 1210. The molecular weight excluding hydrogens is 442 g/mol. The summed E-state index contributed by atoms with van der Waals surface area (Å²) in [5.74, 6) is -1.92. The second-order valence-corrected chi connectivity index (χ2v) is 6.49. The van der Waals surface area contributed by atoms with E-state index in [1.54, 1.807) is 6.07 Å². The van der Waals surface area contributed by atoms with Gasteiger partial charge in [0.1, 0.15) is 11.6 Å². The van der Waals surface area contributed by atoms with Gasteiger partial charge in [-0.25, -0.2) is 14.4 Å². The second-order valence-electron chi connectivity index (χ2n) is 6.49. The number of amides is 1. The van der Waals surface area contributed by atoms with Crippen molar-refractivity contribution in [3.63, 3.8) is 0 Å². The van der Waals surface area contributed by atoms with Gasteiger partial charge >= 0.3 is 6.18 Å². The van der Waals surface area contributed by atoms with Gasteiger partial charge in [-0.15, -0.1) is 0 Å². The molecule has 1 amide bonds. The summed E-state index contributed by atoms with van der Waals surface area (Å²) in [5, 5.41) is 2.18. The number of aromatic nitrogens is 1. The largest absolute Gasteiger partial charge is 0.454 e. The number of hydrogen-bond acceptors (Lipinski definition) is 6. The fourth-order valence-corrected chi connectivity index (χ4v) is 2.65. The van der Waals surface area contributed by atoms with E-state index in [-0.39, 0.29) is 28.7 Å². The molecule has 2 aromatic carbocycles. The van der Waals surface area contributed by atoms with E-state index in [2.05, 4.69) is 15.3 Å². The highest BCUT2D eigenvalue weighted by molar-refractivity contribution is 6.27. The number of rotatable bonds is 6. The lowest BCUT2D eigenvalue weighted by Crippen LogP contribution is -2.32. The van der Waals surface area contributed by atoms with Gasteiger partial charge in [0.15, 0.2) is 17.3 Å². The molecule has 0 radical (unpaired) electrons. The number of carbonyl (C=O) groups is 1. The lowest BCUT2D eigenvalue weighted by Gasteiger charge is -2.15. The van der Waals surface area contributed by atoms with Gasteiger partial charge in [0, 0.05) is 30.2 Å². The molecule has 11 heteroatoms. The fourth-order valence-electron chi connectivity index (χ4n) is 2.65. The van der Waals surface area contributed by atoms with Crippen molar-refractivity contribution in [3.05, 3.63) is 84.5 Å². The summed E-state index contributed by atoms with van der Waals surface area (Å²) >= 11 is 0. The van der Waals surface area contributed by atoms with Gasteiger partial charge in [0.25, 0.3) is 5.91 Å². The predicted octanol–water partition coefficient (Wildman–Crippen LogP) is 4.71. The summed E-state index contributed by atoms with van der Waals surface area (Å²) in [6, 6.07) is 13.4. The molecule has 0 unspecified atom stereocenters. The molecule has 170 valence electrons. The summed E-state index contributed by atoms with van der Waals surface area (Å²) in [4.78, 5) is 19.8. The monoisotopic (exact) mass is 459 g/mol. The molecule has 3 rings (SSSR count). The van der Waals surface area contributed by atoms with Crippen LogP contribution in [0.15, 0.2) is 83.6 Å². The van der Waals surface area contributed by atoms with Crippen LogP contribution in [0.4, 0.5) is 34.8 Å². The number of pyridine rings is 1. The Hall–Kier alpha value is -4.41. The number of nitrogens with zero attached hydrogens (tertiary/aromatic N) is 2. The number of alkyl halides is 3. The molecule has 3 aromatic rings. The third-order valence-corrected chi connectivity index (χ3v) is 4.10. The Balaban J connectivity index is 1.82. The number of hydrogen-bond donors (Lipinski definition) is 3. The fraction of sp³-hybridized carbons (Fsp3) is 0.0455. The van der Waals surface area contributed by atoms with E-state index in [0.717, 1.165) is 6.07 Å². The molecular formula is C22H17F4N5O2. The average Bonchev–Trinajstić information content (AvgIpc) is 2.75. The zero-order valence-corrected chi connectivity index (χ0v) is 16.8. The summed E-state index contributed by atoms with van der Waals surface area (Å²) in [6.45, 7) is 0. The molecule has 33 heavy (non-hydrogen) atoms. The van der Waals surface area contributed by atoms with Gasteiger partial charge in [-0.1, -0.05) is 18.2 Å². The van der Waals surface area contributed by atoms with Crippen molar-refractivity contribution in [1.82, 2.24) is 4.98 Å². The molecule has 1 heterocycles. The smallest absolute Gasteiger partial charge is 0.434 e. The standard InChI is InChI=1S/C22H17F4N5O2/c23-17-10-14(6-7-18(17)33-15-8-9-29-19(28)11-15)31-21(32)16(12-27)20(22(24,25)26)30-13-4-2-1-3-5-13/h1-12H,27H2,(H2,28,29)(H,31,32). The second kappa shape index (κ2) is 9.81. The average molecular weight is 459 g/mol. The number of ether oxygens (including phenoxy) is 1. The molecule has 1 aromatic heterocycles. The molecule has 0 spiro atoms. The van der Waals surface area contributed by atoms with Crippen LogP contribution in [0.2, 0.25) is 0 Å². The Kier molecular flexibility index (Phi) is 6.91. The summed E-state index contributed by atoms with van der Waals surface area (Å²) in [7, 11) is 0. The molecule has 0 saturated heterocycles. The highest BCUT2D eigenvalue weighted by atomic mass is 19.4. The number of aliphatic imine (C=N–C) groups is 1. The molecule has 0 saturated carbocycles. The quantitative estimate of drug-likeness (QED) is 0.281. The van der Waals surface area contributed by atoms with E-state index in [4.69, 9.17) is 16.2 Å². The van der Waals surface area contributed by atoms with Gasteiger partial charge in [-0.2, -0.15) is 13.2 Å². The molecule has 0 aliphatic rings. The van der Waals surface area contributed by atoms with Crippen LogP contribution in [0.25, 0.3) is 0 Å². The molecule has 0 aliphatic heterocycles. The highest BCUT2D eigenvalue weighted by Gasteiger charge is 2.40. The zero-order chi connectivity index (χ0) is 24.0. The maximum atomic E-state index is 14.4. The first-order valence-electron chi connectivity index (χ1n) is 9.31. The minimum absolute atomic E-state index is 0.0266. The van der Waals surface area contributed by atoms with E-state index >= 15 is 0 Å². The number of nitrogen functional groups attached to an aromatic ring is 1. The lowest BCUT2D eigenvalue weighted by molar-refractivity contribution is -0.113. The molecule has 7 nitrogen and oxygen atoms in total. The van der Waals surface area contributed by atoms with Crippen molar-refractivity contribution in [1.29, 1.82) is 0 Å². The van der Waals surface area contributed by atoms with Crippen LogP contribution in [0.1, 0.15) is 0 Å². The number of para-hydroxylation sites is 1. The van der Waals surface area contributed by atoms with Gasteiger partial charge < -0.3 is 21.5 Å². The van der Waals surface area contributed by atoms with Gasteiger partial charge in [-0.3, -0.25) is 4.79 Å². The summed E-state index contributed by atoms with van der Waals surface area (Å²) in [6.07, 6.45) is -3.12. The van der Waals surface area contributed by atoms with E-state index in [1.165, 1.54) is 54.7 Å². The van der Waals surface area contributed by atoms with Crippen molar-refractivity contribution in [2.75, 3.05) is 11.1 Å². The van der Waals surface area contributed by atoms with Crippen molar-refractivity contribution in [2.45, 2.75) is 6.18 Å². The van der Waals surface area contributed by atoms with Crippen LogP contribution >= 0.6 is 0 Å². The lowest BCUT2D eigenvalue weighted by atomic mass is 10.1. The van der Waals surface area contributed by atoms with E-state index in [1.807, 2.05) is 0 Å². The van der Waals surface area contributed by atoms with Crippen LogP contribution in [0, 0.1) is 5.82 Å². The summed E-state index contributed by atoms with van der Waals surface area (Å²) in [5.41, 5.74) is 8.28. The Morgan fingerprint density at radius 1 is 1.09 bits per heavy atom. The summed E-state index contributed by atoms with van der Waals surface area (Å²) < 4.78 is 60.6. The van der Waals surface area contributed by atoms with Crippen LogP contribution in [-0.2, 0) is 4.79 Å². The normalized spacial score (nSPS) is 12.4. The molecule has 0 bridgehead atoms. The third kappa shape index (κ3) is 6.06. The minimum atomic E-state index is -4.98. The number of nitrogens with two attached hydrogens (primary N) is 2. The third-order valence-electron chi connectivity index (χ3n) is 4.10. The number of nitrogens with one attached hydrogen (secondary N) is 1. The van der Waals surface area contributed by atoms with Crippen molar-refractivity contribution >= 4 is 28.8 Å². The first-order valence-corrected chi connectivity index (χ1v) is 9.31. The molecule has 0 aliphatic carbocycles. The van der Waals surface area contributed by atoms with E-state index in [0.29, 0.717) is 6.20 Å². The first-order chi connectivity index (χ1) is 15.7. The van der Waals surface area contributed by atoms with Crippen LogP contribution in [0.5, 0.6) is 11.5 Å². The molecule has 0 fully saturated rings. The maximum absolute atomic E-state index is 14.4. The van der Waals surface area contributed by atoms with Gasteiger partial charge in [0.05, 0.1) is 11.3 Å². The SMILES string of the molecule is NC=C(C(=O)Nc1ccc(Oc2ccnc(N)c2)c(F)c1)C(=Nc1ccccc1)C(F)(F)F. The Morgan fingerprint density at radius 2 is 1.82 bits per heavy atom. The number of halogens is 4. The minimum Gasteiger partial charge on any atom is -0.454 e. The topological polar surface area (TPSA) is 116 Å². The Labute approximate surface area is 185 Å². The van der Waals surface area contributed by atoms with Crippen molar-refractivity contribution in [3.8, 4) is 11.5 Å². The highest BCUT2D eigenvalue weighted by Crippen LogP contribution is 2.29. The van der Waals surface area contributed by atoms with Crippen LogP contribution in [-0.4, -0.2) is 22.8 Å². The van der Waals surface area contributed by atoms with E-state index in [9.17, 15) is 22.4 Å². The number of benzene rings is 2. The Morgan fingerprint density at radius 3 is 2.42 bits per heavy atom. The van der Waals surface area contributed by atoms with Crippen LogP contribution < -0.4 is 21.5 Å². The van der Waals surface area contributed by atoms with Gasteiger partial charge in [-0.05, 0) is 30.3 Å². The zero-order valence-electron chi connectivity index (χ0n) is 16.8. The van der Waals surface area contributed by atoms with Gasteiger partial charge in [0.2, 0.25) is 0 Å². The number of carbonyl (C=O) groups excluding carboxylic acids is 1. The molecule has 5 N–H and O–H groups in total. The molecule has 0 atom stereocenters. The predicted molar refractivity (Wildman–Crippen MR) is 116 cm³/mol. The maximum Gasteiger partial charge on any atom is 0.434 e. The van der Waals surface area contributed by atoms with E-state index < -0.39 is 29.2 Å². The number of anilines is 2. The van der Waals surface area contributed by atoms with Crippen molar-refractivity contribution in [2.24, 2.45) is 10.7 Å². The van der Waals surface area contributed by atoms with Crippen LogP contribution in [0.3, 0.4) is 0 Å². The first kappa shape index (κ1) is 23.3.